The number of hydrogen-bond donors (Lipinski definition) is 1. The smallest absolute Gasteiger partial charge is 0.223 e. The Morgan fingerprint density at radius 1 is 1.58 bits per heavy atom. The highest BCUT2D eigenvalue weighted by atomic mass is 15.1. The van der Waals surface area contributed by atoms with E-state index in [9.17, 15) is 0 Å². The molecule has 0 radical (unpaired) electrons. The van der Waals surface area contributed by atoms with Gasteiger partial charge in [0.2, 0.25) is 5.95 Å². The Bertz CT molecular complexity index is 247. The predicted molar refractivity (Wildman–Crippen MR) is 50.1 cm³/mol. The summed E-state index contributed by atoms with van der Waals surface area (Å²) in [6.07, 6.45) is 2.85. The summed E-state index contributed by atoms with van der Waals surface area (Å²) in [7, 11) is 0. The van der Waals surface area contributed by atoms with Crippen LogP contribution >= 0.6 is 0 Å². The Hall–Kier alpha value is -1.12. The molecule has 0 bridgehead atoms. The molecule has 1 aromatic heterocycles. The Labute approximate surface area is 73.2 Å². The van der Waals surface area contributed by atoms with E-state index >= 15 is 0 Å². The number of aryl methyl sites for hydroxylation is 1. The van der Waals surface area contributed by atoms with Crippen LogP contribution in [0.1, 0.15) is 26.0 Å². The van der Waals surface area contributed by atoms with E-state index in [4.69, 9.17) is 0 Å². The van der Waals surface area contributed by atoms with E-state index < -0.39 is 0 Å². The summed E-state index contributed by atoms with van der Waals surface area (Å²) in [5.41, 5.74) is 0.996. The molecule has 1 atom stereocenters. The van der Waals surface area contributed by atoms with Crippen LogP contribution in [0.2, 0.25) is 0 Å². The summed E-state index contributed by atoms with van der Waals surface area (Å²) in [6, 6.07) is 2.33. The van der Waals surface area contributed by atoms with Gasteiger partial charge in [0.1, 0.15) is 0 Å². The van der Waals surface area contributed by atoms with Gasteiger partial charge in [0.15, 0.2) is 0 Å². The molecule has 0 aliphatic heterocycles. The van der Waals surface area contributed by atoms with Crippen molar-refractivity contribution in [3.8, 4) is 0 Å². The highest BCUT2D eigenvalue weighted by Gasteiger charge is 1.99. The van der Waals surface area contributed by atoms with Gasteiger partial charge >= 0.3 is 0 Å². The van der Waals surface area contributed by atoms with Gasteiger partial charge in [-0.1, -0.05) is 6.92 Å². The molecule has 0 saturated heterocycles. The summed E-state index contributed by atoms with van der Waals surface area (Å²) in [5, 5.41) is 3.21. The minimum Gasteiger partial charge on any atom is -0.352 e. The van der Waals surface area contributed by atoms with E-state index in [1.54, 1.807) is 6.20 Å². The zero-order valence-electron chi connectivity index (χ0n) is 7.83. The van der Waals surface area contributed by atoms with E-state index in [-0.39, 0.29) is 0 Å². The number of anilines is 1. The quantitative estimate of drug-likeness (QED) is 0.744. The van der Waals surface area contributed by atoms with E-state index in [1.807, 2.05) is 13.0 Å². The van der Waals surface area contributed by atoms with Crippen molar-refractivity contribution in [3.05, 3.63) is 18.0 Å². The van der Waals surface area contributed by atoms with Crippen LogP contribution in [0, 0.1) is 6.92 Å². The number of nitrogens with zero attached hydrogens (tertiary/aromatic N) is 2. The van der Waals surface area contributed by atoms with Crippen molar-refractivity contribution >= 4 is 5.95 Å². The molecule has 3 nitrogen and oxygen atoms in total. The number of rotatable bonds is 3. The number of aromatic nitrogens is 2. The second-order valence-electron chi connectivity index (χ2n) is 2.98. The Balaban J connectivity index is 2.63. The minimum absolute atomic E-state index is 0.437. The van der Waals surface area contributed by atoms with Crippen molar-refractivity contribution in [1.29, 1.82) is 0 Å². The predicted octanol–water partition coefficient (Wildman–Crippen LogP) is 2.00. The fraction of sp³-hybridized carbons (Fsp3) is 0.556. The van der Waals surface area contributed by atoms with Gasteiger partial charge in [-0.05, 0) is 26.3 Å². The van der Waals surface area contributed by atoms with E-state index in [1.165, 1.54) is 0 Å². The van der Waals surface area contributed by atoms with Crippen LogP contribution in [0.15, 0.2) is 12.3 Å². The fourth-order valence-corrected chi connectivity index (χ4v) is 0.841. The molecule has 66 valence electrons. The first-order valence-electron chi connectivity index (χ1n) is 4.28. The third kappa shape index (κ3) is 2.49. The molecule has 1 heterocycles. The van der Waals surface area contributed by atoms with Crippen molar-refractivity contribution in [2.24, 2.45) is 0 Å². The lowest BCUT2D eigenvalue weighted by molar-refractivity contribution is 0.751. The van der Waals surface area contributed by atoms with Crippen LogP contribution in [0.3, 0.4) is 0 Å². The first kappa shape index (κ1) is 8.97. The maximum Gasteiger partial charge on any atom is 0.223 e. The molecule has 0 spiro atoms. The minimum atomic E-state index is 0.437. The standard InChI is InChI=1S/C9H15N3/c1-4-7(2)11-9-10-6-5-8(3)12-9/h5-7H,4H2,1-3H3,(H,10,11,12). The SMILES string of the molecule is CCC(C)Nc1nccc(C)n1. The first-order valence-corrected chi connectivity index (χ1v) is 4.28. The largest absolute Gasteiger partial charge is 0.352 e. The monoisotopic (exact) mass is 165 g/mol. The van der Waals surface area contributed by atoms with Gasteiger partial charge in [0, 0.05) is 17.9 Å². The lowest BCUT2D eigenvalue weighted by atomic mass is 10.3. The van der Waals surface area contributed by atoms with Gasteiger partial charge in [0.25, 0.3) is 0 Å². The average molecular weight is 165 g/mol. The third-order valence-electron chi connectivity index (χ3n) is 1.78. The molecule has 0 amide bonds. The molecular formula is C9H15N3. The van der Waals surface area contributed by atoms with Crippen LogP contribution in [-0.4, -0.2) is 16.0 Å². The zero-order chi connectivity index (χ0) is 8.97. The molecule has 0 aliphatic carbocycles. The first-order chi connectivity index (χ1) is 5.72. The van der Waals surface area contributed by atoms with Crippen molar-refractivity contribution in [2.45, 2.75) is 33.2 Å². The molecule has 1 N–H and O–H groups in total. The summed E-state index contributed by atoms with van der Waals surface area (Å²) in [4.78, 5) is 8.34. The molecule has 1 unspecified atom stereocenters. The van der Waals surface area contributed by atoms with E-state index in [2.05, 4.69) is 29.1 Å². The lowest BCUT2D eigenvalue weighted by Crippen LogP contribution is -2.15. The van der Waals surface area contributed by atoms with Gasteiger partial charge in [-0.3, -0.25) is 0 Å². The second kappa shape index (κ2) is 4.04. The Morgan fingerprint density at radius 3 is 2.92 bits per heavy atom. The van der Waals surface area contributed by atoms with Crippen LogP contribution in [0.25, 0.3) is 0 Å². The average Bonchev–Trinajstić information content (AvgIpc) is 2.04. The molecule has 0 aromatic carbocycles. The van der Waals surface area contributed by atoms with Crippen molar-refractivity contribution in [3.63, 3.8) is 0 Å². The fourth-order valence-electron chi connectivity index (χ4n) is 0.841. The van der Waals surface area contributed by atoms with Gasteiger partial charge < -0.3 is 5.32 Å². The summed E-state index contributed by atoms with van der Waals surface area (Å²) in [5.74, 6) is 0.726. The summed E-state index contributed by atoms with van der Waals surface area (Å²) in [6.45, 7) is 6.21. The highest BCUT2D eigenvalue weighted by Crippen LogP contribution is 2.02. The third-order valence-corrected chi connectivity index (χ3v) is 1.78. The van der Waals surface area contributed by atoms with E-state index in [0.29, 0.717) is 6.04 Å². The molecule has 1 aromatic rings. The zero-order valence-corrected chi connectivity index (χ0v) is 7.83. The second-order valence-corrected chi connectivity index (χ2v) is 2.98. The lowest BCUT2D eigenvalue weighted by Gasteiger charge is -2.10. The van der Waals surface area contributed by atoms with Crippen LogP contribution in [0.4, 0.5) is 5.95 Å². The van der Waals surface area contributed by atoms with Crippen molar-refractivity contribution in [2.75, 3.05) is 5.32 Å². The van der Waals surface area contributed by atoms with Crippen LogP contribution in [-0.2, 0) is 0 Å². The molecular weight excluding hydrogens is 150 g/mol. The van der Waals surface area contributed by atoms with Crippen molar-refractivity contribution < 1.29 is 0 Å². The van der Waals surface area contributed by atoms with Crippen LogP contribution < -0.4 is 5.32 Å². The van der Waals surface area contributed by atoms with Crippen LogP contribution in [0.5, 0.6) is 0 Å². The number of hydrogen-bond acceptors (Lipinski definition) is 3. The van der Waals surface area contributed by atoms with Gasteiger partial charge in [0.05, 0.1) is 0 Å². The molecule has 3 heteroatoms. The van der Waals surface area contributed by atoms with Crippen molar-refractivity contribution in [1.82, 2.24) is 9.97 Å². The summed E-state index contributed by atoms with van der Waals surface area (Å²) < 4.78 is 0. The summed E-state index contributed by atoms with van der Waals surface area (Å²) >= 11 is 0. The number of nitrogens with one attached hydrogen (secondary N) is 1. The molecule has 12 heavy (non-hydrogen) atoms. The van der Waals surface area contributed by atoms with Gasteiger partial charge in [-0.15, -0.1) is 0 Å². The van der Waals surface area contributed by atoms with Gasteiger partial charge in [-0.25, -0.2) is 9.97 Å². The molecule has 1 rings (SSSR count). The Kier molecular flexibility index (Phi) is 3.02. The maximum absolute atomic E-state index is 4.24. The molecule has 0 saturated carbocycles. The van der Waals surface area contributed by atoms with E-state index in [0.717, 1.165) is 18.1 Å². The molecule has 0 fully saturated rings. The highest BCUT2D eigenvalue weighted by molar-refractivity contribution is 5.25. The van der Waals surface area contributed by atoms with Gasteiger partial charge in [-0.2, -0.15) is 0 Å². The normalized spacial score (nSPS) is 12.6. The molecule has 0 aliphatic rings. The topological polar surface area (TPSA) is 37.8 Å². The maximum atomic E-state index is 4.24. The Morgan fingerprint density at radius 2 is 2.33 bits per heavy atom.